The van der Waals surface area contributed by atoms with Crippen LogP contribution in [0.3, 0.4) is 0 Å². The van der Waals surface area contributed by atoms with Crippen molar-refractivity contribution in [3.63, 3.8) is 0 Å². The monoisotopic (exact) mass is 187 g/mol. The molecular weight excluding hydrogens is 170 g/mol. The summed E-state index contributed by atoms with van der Waals surface area (Å²) in [4.78, 5) is 0.201. The van der Waals surface area contributed by atoms with Crippen molar-refractivity contribution >= 4 is 11.8 Å². The van der Waals surface area contributed by atoms with E-state index in [1.54, 1.807) is 0 Å². The van der Waals surface area contributed by atoms with Crippen LogP contribution in [-0.2, 0) is 4.74 Å². The van der Waals surface area contributed by atoms with Gasteiger partial charge in [0.05, 0.1) is 18.1 Å². The quantitative estimate of drug-likeness (QED) is 0.620. The average Bonchev–Trinajstić information content (AvgIpc) is 2.43. The fourth-order valence-electron chi connectivity index (χ4n) is 1.98. The SMILES string of the molecule is CC1CNC2(COCC2(C)C)S1. The summed E-state index contributed by atoms with van der Waals surface area (Å²) in [5.74, 6) is 0. The molecule has 0 bridgehead atoms. The van der Waals surface area contributed by atoms with Crippen molar-refractivity contribution in [2.45, 2.75) is 30.9 Å². The van der Waals surface area contributed by atoms with Gasteiger partial charge in [0.25, 0.3) is 0 Å². The number of rotatable bonds is 0. The van der Waals surface area contributed by atoms with Crippen molar-refractivity contribution in [3.8, 4) is 0 Å². The molecule has 0 aliphatic carbocycles. The van der Waals surface area contributed by atoms with E-state index in [4.69, 9.17) is 4.74 Å². The fraction of sp³-hybridized carbons (Fsp3) is 1.00. The number of nitrogens with one attached hydrogen (secondary N) is 1. The Balaban J connectivity index is 2.20. The topological polar surface area (TPSA) is 21.3 Å². The maximum Gasteiger partial charge on any atom is 0.0958 e. The molecule has 3 heteroatoms. The molecule has 0 aromatic heterocycles. The van der Waals surface area contributed by atoms with Crippen LogP contribution in [0.25, 0.3) is 0 Å². The fourth-order valence-corrected chi connectivity index (χ4v) is 3.53. The molecule has 0 amide bonds. The Morgan fingerprint density at radius 3 is 2.58 bits per heavy atom. The van der Waals surface area contributed by atoms with Crippen LogP contribution >= 0.6 is 11.8 Å². The molecule has 2 fully saturated rings. The predicted molar refractivity (Wildman–Crippen MR) is 52.4 cm³/mol. The Hall–Kier alpha value is 0.270. The van der Waals surface area contributed by atoms with Gasteiger partial charge < -0.3 is 4.74 Å². The largest absolute Gasteiger partial charge is 0.378 e. The van der Waals surface area contributed by atoms with Crippen molar-refractivity contribution < 1.29 is 4.74 Å². The second-order valence-electron chi connectivity index (χ2n) is 4.51. The Morgan fingerprint density at radius 1 is 1.42 bits per heavy atom. The molecule has 12 heavy (non-hydrogen) atoms. The van der Waals surface area contributed by atoms with Crippen molar-refractivity contribution in [1.29, 1.82) is 0 Å². The van der Waals surface area contributed by atoms with Gasteiger partial charge >= 0.3 is 0 Å². The summed E-state index contributed by atoms with van der Waals surface area (Å²) in [5, 5.41) is 4.34. The summed E-state index contributed by atoms with van der Waals surface area (Å²) in [6, 6.07) is 0. The smallest absolute Gasteiger partial charge is 0.0958 e. The lowest BCUT2D eigenvalue weighted by atomic mass is 9.87. The molecular formula is C9H17NOS. The van der Waals surface area contributed by atoms with Crippen LogP contribution < -0.4 is 5.32 Å². The third kappa shape index (κ3) is 1.10. The van der Waals surface area contributed by atoms with Crippen LogP contribution in [0.4, 0.5) is 0 Å². The first kappa shape index (κ1) is 8.85. The van der Waals surface area contributed by atoms with E-state index >= 15 is 0 Å². The molecule has 0 aromatic carbocycles. The lowest BCUT2D eigenvalue weighted by Gasteiger charge is -2.35. The molecule has 2 nitrogen and oxygen atoms in total. The molecule has 0 saturated carbocycles. The van der Waals surface area contributed by atoms with E-state index in [1.165, 1.54) is 0 Å². The van der Waals surface area contributed by atoms with Gasteiger partial charge in [0.15, 0.2) is 0 Å². The van der Waals surface area contributed by atoms with Crippen LogP contribution in [0, 0.1) is 5.41 Å². The summed E-state index contributed by atoms with van der Waals surface area (Å²) in [5.41, 5.74) is 0.280. The zero-order valence-electron chi connectivity index (χ0n) is 8.02. The maximum atomic E-state index is 5.56. The molecule has 1 spiro atoms. The second kappa shape index (κ2) is 2.63. The standard InChI is InChI=1S/C9H17NOS/c1-7-4-10-9(12-7)6-11-5-8(9,2)3/h7,10H,4-6H2,1-3H3. The number of hydrogen-bond donors (Lipinski definition) is 1. The molecule has 2 atom stereocenters. The van der Waals surface area contributed by atoms with Gasteiger partial charge in [0, 0.05) is 17.2 Å². The first-order valence-corrected chi connectivity index (χ1v) is 5.44. The molecule has 2 aliphatic heterocycles. The molecule has 2 heterocycles. The van der Waals surface area contributed by atoms with Gasteiger partial charge in [-0.15, -0.1) is 11.8 Å². The molecule has 2 aliphatic rings. The highest BCUT2D eigenvalue weighted by molar-refractivity contribution is 8.01. The summed E-state index contributed by atoms with van der Waals surface area (Å²) in [6.07, 6.45) is 0. The van der Waals surface area contributed by atoms with Gasteiger partial charge in [0.1, 0.15) is 0 Å². The van der Waals surface area contributed by atoms with E-state index in [1.807, 2.05) is 11.8 Å². The molecule has 0 aromatic rings. The van der Waals surface area contributed by atoms with Crippen molar-refractivity contribution in [2.75, 3.05) is 19.8 Å². The summed E-state index contributed by atoms with van der Waals surface area (Å²) >= 11 is 2.05. The number of hydrogen-bond acceptors (Lipinski definition) is 3. The highest BCUT2D eigenvalue weighted by Crippen LogP contribution is 2.49. The van der Waals surface area contributed by atoms with Crippen LogP contribution in [-0.4, -0.2) is 29.9 Å². The summed E-state index contributed by atoms with van der Waals surface area (Å²) < 4.78 is 5.56. The minimum absolute atomic E-state index is 0.201. The van der Waals surface area contributed by atoms with Crippen LogP contribution in [0.5, 0.6) is 0 Å². The van der Waals surface area contributed by atoms with Crippen LogP contribution in [0.15, 0.2) is 0 Å². The minimum atomic E-state index is 0.201. The molecule has 2 rings (SSSR count). The summed E-state index contributed by atoms with van der Waals surface area (Å²) in [6.45, 7) is 9.74. The normalized spacial score (nSPS) is 45.8. The van der Waals surface area contributed by atoms with Gasteiger partial charge in [-0.05, 0) is 0 Å². The third-order valence-electron chi connectivity index (χ3n) is 2.94. The minimum Gasteiger partial charge on any atom is -0.378 e. The molecule has 70 valence electrons. The maximum absolute atomic E-state index is 5.56. The van der Waals surface area contributed by atoms with Gasteiger partial charge in [-0.25, -0.2) is 0 Å². The van der Waals surface area contributed by atoms with Gasteiger partial charge in [-0.1, -0.05) is 20.8 Å². The first-order valence-electron chi connectivity index (χ1n) is 4.56. The van der Waals surface area contributed by atoms with E-state index < -0.39 is 0 Å². The third-order valence-corrected chi connectivity index (χ3v) is 4.73. The van der Waals surface area contributed by atoms with Crippen molar-refractivity contribution in [3.05, 3.63) is 0 Å². The van der Waals surface area contributed by atoms with E-state index in [0.717, 1.165) is 25.0 Å². The highest BCUT2D eigenvalue weighted by atomic mass is 32.2. The molecule has 2 saturated heterocycles. The first-order chi connectivity index (χ1) is 5.56. The zero-order chi connectivity index (χ0) is 8.82. The molecule has 1 N–H and O–H groups in total. The molecule has 0 radical (unpaired) electrons. The van der Waals surface area contributed by atoms with Crippen LogP contribution in [0.2, 0.25) is 0 Å². The van der Waals surface area contributed by atoms with Gasteiger partial charge in [0.2, 0.25) is 0 Å². The van der Waals surface area contributed by atoms with Crippen molar-refractivity contribution in [2.24, 2.45) is 5.41 Å². The lowest BCUT2D eigenvalue weighted by Crippen LogP contribution is -2.49. The van der Waals surface area contributed by atoms with Crippen molar-refractivity contribution in [1.82, 2.24) is 5.32 Å². The van der Waals surface area contributed by atoms with Crippen LogP contribution in [0.1, 0.15) is 20.8 Å². The second-order valence-corrected chi connectivity index (χ2v) is 6.25. The zero-order valence-corrected chi connectivity index (χ0v) is 8.83. The van der Waals surface area contributed by atoms with E-state index in [2.05, 4.69) is 26.1 Å². The lowest BCUT2D eigenvalue weighted by molar-refractivity contribution is 0.166. The Bertz CT molecular complexity index is 195. The Morgan fingerprint density at radius 2 is 2.17 bits per heavy atom. The Kier molecular flexibility index (Phi) is 1.94. The van der Waals surface area contributed by atoms with E-state index in [0.29, 0.717) is 0 Å². The number of thioether (sulfide) groups is 1. The average molecular weight is 187 g/mol. The molecule has 2 unspecified atom stereocenters. The Labute approximate surface area is 78.4 Å². The predicted octanol–water partition coefficient (Wildman–Crippen LogP) is 1.46. The van der Waals surface area contributed by atoms with Gasteiger partial charge in [-0.2, -0.15) is 0 Å². The van der Waals surface area contributed by atoms with E-state index in [-0.39, 0.29) is 10.3 Å². The highest BCUT2D eigenvalue weighted by Gasteiger charge is 2.53. The van der Waals surface area contributed by atoms with E-state index in [9.17, 15) is 0 Å². The van der Waals surface area contributed by atoms with Gasteiger partial charge in [-0.3, -0.25) is 5.32 Å². The number of ether oxygens (including phenoxy) is 1. The summed E-state index contributed by atoms with van der Waals surface area (Å²) in [7, 11) is 0.